The Morgan fingerprint density at radius 3 is 1.00 bits per heavy atom. The molecule has 0 heterocycles. The average Bonchev–Trinajstić information content (AvgIpc) is 3.05. The lowest BCUT2D eigenvalue weighted by molar-refractivity contribution is -0.104. The van der Waals surface area contributed by atoms with Crippen LogP contribution in [0.15, 0.2) is 58.3 Å². The summed E-state index contributed by atoms with van der Waals surface area (Å²) in [4.78, 5) is 0.221. The van der Waals surface area contributed by atoms with E-state index in [0.717, 1.165) is 11.1 Å². The van der Waals surface area contributed by atoms with E-state index in [4.69, 9.17) is 36.8 Å². The van der Waals surface area contributed by atoms with Crippen molar-refractivity contribution in [3.8, 4) is 0 Å². The Morgan fingerprint density at radius 2 is 0.673 bits per heavy atom. The van der Waals surface area contributed by atoms with E-state index in [1.54, 1.807) is 38.1 Å². The Kier molecular flexibility index (Phi) is 18.9. The molecule has 0 aromatic heterocycles. The van der Waals surface area contributed by atoms with E-state index in [1.165, 1.54) is 24.3 Å². The highest BCUT2D eigenvalue weighted by Crippen LogP contribution is 2.16. The lowest BCUT2D eigenvalue weighted by atomic mass is 10.2. The molecule has 7 atom stereocenters. The van der Waals surface area contributed by atoms with E-state index >= 15 is 0 Å². The molecule has 2 rings (SSSR count). The summed E-state index contributed by atoms with van der Waals surface area (Å²) < 4.78 is 94.9. The van der Waals surface area contributed by atoms with Crippen LogP contribution in [0.5, 0.6) is 0 Å². The molecule has 49 heavy (non-hydrogen) atoms. The van der Waals surface area contributed by atoms with Crippen molar-refractivity contribution in [3.63, 3.8) is 0 Å². The Morgan fingerprint density at radius 1 is 0.408 bits per heavy atom. The van der Waals surface area contributed by atoms with Crippen LogP contribution in [0.3, 0.4) is 0 Å². The van der Waals surface area contributed by atoms with Gasteiger partial charge in [0.1, 0.15) is 0 Å². The van der Waals surface area contributed by atoms with Crippen molar-refractivity contribution in [2.45, 2.75) is 115 Å². The maximum atomic E-state index is 12.5. The Hall–Kier alpha value is -1.98. The third-order valence-electron chi connectivity index (χ3n) is 7.06. The lowest BCUT2D eigenvalue weighted by Gasteiger charge is -2.23. The first-order valence-corrected chi connectivity index (χ1v) is 19.4. The SMILES string of the molecule is Cc1ccc(S(=O)(=O)OCC(C)OCC(C)OCC(C)OCC(C)OCC(C)OCC(C)OCC(C)OS(=O)(=O)c2ccc(C)cc2)cc1. The van der Waals surface area contributed by atoms with Crippen molar-refractivity contribution in [3.05, 3.63) is 59.7 Å². The second kappa shape index (κ2) is 21.4. The minimum absolute atomic E-state index is 0.0953. The second-order valence-corrected chi connectivity index (χ2v) is 15.8. The number of ether oxygens (including phenoxy) is 6. The summed E-state index contributed by atoms with van der Waals surface area (Å²) in [7, 11) is -7.72. The zero-order valence-corrected chi connectivity index (χ0v) is 32.0. The van der Waals surface area contributed by atoms with E-state index in [1.807, 2.05) is 48.5 Å². The summed E-state index contributed by atoms with van der Waals surface area (Å²) >= 11 is 0. The largest absolute Gasteiger partial charge is 0.373 e. The molecule has 0 fully saturated rings. The predicted octanol–water partition coefficient (Wildman–Crippen LogP) is 5.23. The highest BCUT2D eigenvalue weighted by Gasteiger charge is 2.21. The summed E-state index contributed by atoms with van der Waals surface area (Å²) in [5, 5.41) is 0. The summed E-state index contributed by atoms with van der Waals surface area (Å²) in [5.74, 6) is 0. The van der Waals surface area contributed by atoms with Gasteiger partial charge in [-0.3, -0.25) is 8.37 Å². The van der Waals surface area contributed by atoms with Gasteiger partial charge in [0.05, 0.1) is 98.8 Å². The van der Waals surface area contributed by atoms with Crippen molar-refractivity contribution in [1.29, 1.82) is 0 Å². The maximum Gasteiger partial charge on any atom is 0.297 e. The van der Waals surface area contributed by atoms with Crippen molar-refractivity contribution < 1.29 is 53.6 Å². The molecule has 0 amide bonds. The van der Waals surface area contributed by atoms with Crippen LogP contribution in [0, 0.1) is 13.8 Å². The van der Waals surface area contributed by atoms with Crippen LogP contribution >= 0.6 is 0 Å². The number of benzene rings is 2. The standard InChI is InChI=1S/C35H56O12S2/c1-25-10-14-34(15-11-25)48(36,37)46-24-32(8)44-22-30(6)42-20-28(4)40-18-27(3)41-19-29(5)43-21-31(7)45-23-33(9)47-49(38,39)35-16-12-26(2)13-17-35/h10-17,27-33H,18-24H2,1-9H3. The van der Waals surface area contributed by atoms with E-state index in [0.29, 0.717) is 26.4 Å². The summed E-state index contributed by atoms with van der Waals surface area (Å²) in [6.07, 6.45) is -2.16. The van der Waals surface area contributed by atoms with Crippen LogP contribution in [0.4, 0.5) is 0 Å². The molecule has 0 saturated heterocycles. The van der Waals surface area contributed by atoms with Gasteiger partial charge >= 0.3 is 0 Å². The van der Waals surface area contributed by atoms with Gasteiger partial charge in [0.2, 0.25) is 0 Å². The first-order chi connectivity index (χ1) is 23.0. The van der Waals surface area contributed by atoms with Crippen LogP contribution in [0.2, 0.25) is 0 Å². The molecule has 0 N–H and O–H groups in total. The fraction of sp³-hybridized carbons (Fsp3) is 0.657. The normalized spacial score (nSPS) is 16.8. The van der Waals surface area contributed by atoms with Crippen LogP contribution in [0.1, 0.15) is 59.6 Å². The van der Waals surface area contributed by atoms with Crippen molar-refractivity contribution in [2.75, 3.05) is 46.2 Å². The fourth-order valence-corrected chi connectivity index (χ4v) is 6.10. The summed E-state index contributed by atoms with van der Waals surface area (Å²) in [6.45, 7) is 18.2. The fourth-order valence-electron chi connectivity index (χ4n) is 4.05. The quantitative estimate of drug-likeness (QED) is 0.123. The van der Waals surface area contributed by atoms with Crippen molar-refractivity contribution in [1.82, 2.24) is 0 Å². The molecule has 280 valence electrons. The highest BCUT2D eigenvalue weighted by molar-refractivity contribution is 7.87. The molecule has 0 spiro atoms. The Balaban J connectivity index is 1.53. The van der Waals surface area contributed by atoms with Gasteiger partial charge in [-0.1, -0.05) is 35.4 Å². The summed E-state index contributed by atoms with van der Waals surface area (Å²) in [5.41, 5.74) is 1.92. The lowest BCUT2D eigenvalue weighted by Crippen LogP contribution is -2.30. The molecule has 2 aromatic carbocycles. The molecule has 12 nitrogen and oxygen atoms in total. The predicted molar refractivity (Wildman–Crippen MR) is 186 cm³/mol. The maximum absolute atomic E-state index is 12.5. The third kappa shape index (κ3) is 17.7. The molecule has 0 saturated carbocycles. The molecule has 0 aliphatic carbocycles. The van der Waals surface area contributed by atoms with Gasteiger partial charge in [0, 0.05) is 0 Å². The van der Waals surface area contributed by atoms with Crippen LogP contribution in [-0.4, -0.2) is 106 Å². The highest BCUT2D eigenvalue weighted by atomic mass is 32.2. The average molecular weight is 733 g/mol. The topological polar surface area (TPSA) is 142 Å². The van der Waals surface area contributed by atoms with E-state index in [2.05, 4.69) is 0 Å². The molecular formula is C35H56O12S2. The number of hydrogen-bond donors (Lipinski definition) is 0. The molecule has 0 radical (unpaired) electrons. The van der Waals surface area contributed by atoms with Gasteiger partial charge in [-0.05, 0) is 86.6 Å². The first kappa shape index (κ1) is 43.2. The smallest absolute Gasteiger partial charge is 0.297 e. The van der Waals surface area contributed by atoms with Crippen LogP contribution < -0.4 is 0 Å². The number of hydrogen-bond acceptors (Lipinski definition) is 12. The number of rotatable bonds is 25. The Bertz CT molecular complexity index is 1420. The monoisotopic (exact) mass is 732 g/mol. The van der Waals surface area contributed by atoms with Crippen molar-refractivity contribution in [2.24, 2.45) is 0 Å². The minimum Gasteiger partial charge on any atom is -0.373 e. The van der Waals surface area contributed by atoms with E-state index in [9.17, 15) is 16.8 Å². The number of aryl methyl sites for hydroxylation is 2. The van der Waals surface area contributed by atoms with Crippen LogP contribution in [-0.2, 0) is 57.0 Å². The molecule has 0 bridgehead atoms. The Labute approximate surface area is 293 Å². The van der Waals surface area contributed by atoms with E-state index in [-0.39, 0.29) is 60.1 Å². The van der Waals surface area contributed by atoms with Gasteiger partial charge in [-0.25, -0.2) is 0 Å². The molecular weight excluding hydrogens is 677 g/mol. The molecule has 14 heteroatoms. The molecule has 2 aromatic rings. The third-order valence-corrected chi connectivity index (χ3v) is 9.79. The summed E-state index contributed by atoms with van der Waals surface area (Å²) in [6, 6.07) is 13.0. The molecule has 7 unspecified atom stereocenters. The zero-order chi connectivity index (χ0) is 36.6. The van der Waals surface area contributed by atoms with Gasteiger partial charge in [-0.2, -0.15) is 16.8 Å². The first-order valence-electron chi connectivity index (χ1n) is 16.6. The van der Waals surface area contributed by atoms with Gasteiger partial charge in [0.15, 0.2) is 0 Å². The van der Waals surface area contributed by atoms with Crippen LogP contribution in [0.25, 0.3) is 0 Å². The second-order valence-electron chi connectivity index (χ2n) is 12.6. The molecule has 0 aliphatic heterocycles. The minimum atomic E-state index is -3.87. The zero-order valence-electron chi connectivity index (χ0n) is 30.3. The van der Waals surface area contributed by atoms with E-state index < -0.39 is 32.4 Å². The molecule has 0 aliphatic rings. The van der Waals surface area contributed by atoms with Gasteiger partial charge in [-0.15, -0.1) is 0 Å². The van der Waals surface area contributed by atoms with Gasteiger partial charge in [0.25, 0.3) is 20.2 Å². The van der Waals surface area contributed by atoms with Gasteiger partial charge < -0.3 is 28.4 Å². The van der Waals surface area contributed by atoms with Crippen molar-refractivity contribution >= 4 is 20.2 Å².